The van der Waals surface area contributed by atoms with Crippen LogP contribution in [0.25, 0.3) is 5.65 Å². The summed E-state index contributed by atoms with van der Waals surface area (Å²) in [5.74, 6) is 1.25. The summed E-state index contributed by atoms with van der Waals surface area (Å²) < 4.78 is 8.21. The molecule has 0 radical (unpaired) electrons. The number of aryl methyl sites for hydroxylation is 1. The number of imidazole rings is 1. The van der Waals surface area contributed by atoms with Gasteiger partial charge in [-0.15, -0.1) is 0 Å². The first kappa shape index (κ1) is 24.3. The van der Waals surface area contributed by atoms with E-state index >= 15 is 0 Å². The third-order valence-electron chi connectivity index (χ3n) is 5.68. The molecule has 7 nitrogen and oxygen atoms in total. The van der Waals surface area contributed by atoms with Crippen LogP contribution in [-0.2, 0) is 6.42 Å². The van der Waals surface area contributed by atoms with Crippen molar-refractivity contribution >= 4 is 23.4 Å². The highest BCUT2D eigenvalue weighted by Gasteiger charge is 2.11. The Labute approximate surface area is 207 Å². The van der Waals surface area contributed by atoms with Crippen molar-refractivity contribution in [3.8, 4) is 5.88 Å². The minimum Gasteiger partial charge on any atom is -0.477 e. The van der Waals surface area contributed by atoms with Gasteiger partial charge in [-0.3, -0.25) is 5.43 Å². The Morgan fingerprint density at radius 2 is 1.91 bits per heavy atom. The summed E-state index contributed by atoms with van der Waals surface area (Å²) in [4.78, 5) is 11.5. The number of aromatic nitrogens is 3. The standard InChI is InChI=1S/C28H34N6O/c1-4-13-33(14-5-2)25-18-26(32-30-20-23-10-8-9-22(3)17-23)31-28(19-25)35-16-12-24-21-29-27-11-6-7-15-34(24)27/h6-11,15,17-21H,4-5,12-14,16H2,1-3H3,(H,31,32)/b30-20+. The van der Waals surface area contributed by atoms with E-state index in [2.05, 4.69) is 62.7 Å². The molecule has 35 heavy (non-hydrogen) atoms. The largest absolute Gasteiger partial charge is 0.477 e. The molecule has 7 heteroatoms. The van der Waals surface area contributed by atoms with Crippen LogP contribution in [0, 0.1) is 6.92 Å². The molecule has 0 aliphatic heterocycles. The SMILES string of the molecule is CCCN(CCC)c1cc(N/N=C/c2cccc(C)c2)nc(OCCc2cnc3ccccn23)c1. The molecule has 0 saturated carbocycles. The van der Waals surface area contributed by atoms with Gasteiger partial charge >= 0.3 is 0 Å². The molecule has 0 unspecified atom stereocenters. The highest BCUT2D eigenvalue weighted by Crippen LogP contribution is 2.25. The van der Waals surface area contributed by atoms with E-state index in [1.54, 1.807) is 0 Å². The Balaban J connectivity index is 1.50. The molecule has 0 saturated heterocycles. The van der Waals surface area contributed by atoms with E-state index < -0.39 is 0 Å². The number of fused-ring (bicyclic) bond motifs is 1. The molecule has 0 bridgehead atoms. The highest BCUT2D eigenvalue weighted by molar-refractivity contribution is 5.80. The van der Waals surface area contributed by atoms with E-state index in [-0.39, 0.29) is 0 Å². The van der Waals surface area contributed by atoms with Crippen LogP contribution >= 0.6 is 0 Å². The maximum Gasteiger partial charge on any atom is 0.217 e. The van der Waals surface area contributed by atoms with E-state index in [0.717, 1.165) is 54.9 Å². The van der Waals surface area contributed by atoms with Crippen LogP contribution in [0.4, 0.5) is 11.5 Å². The predicted octanol–water partition coefficient (Wildman–Crippen LogP) is 5.73. The van der Waals surface area contributed by atoms with Gasteiger partial charge in [0.05, 0.1) is 12.8 Å². The summed E-state index contributed by atoms with van der Waals surface area (Å²) >= 11 is 0. The Bertz CT molecular complexity index is 1260. The van der Waals surface area contributed by atoms with Crippen molar-refractivity contribution in [3.05, 3.63) is 83.8 Å². The lowest BCUT2D eigenvalue weighted by atomic mass is 10.2. The Kier molecular flexibility index (Phi) is 8.33. The summed E-state index contributed by atoms with van der Waals surface area (Å²) in [5.41, 5.74) is 8.47. The van der Waals surface area contributed by atoms with Gasteiger partial charge in [-0.05, 0) is 37.5 Å². The first-order chi connectivity index (χ1) is 17.2. The van der Waals surface area contributed by atoms with Crippen molar-refractivity contribution in [3.63, 3.8) is 0 Å². The van der Waals surface area contributed by atoms with Crippen molar-refractivity contribution in [2.75, 3.05) is 30.0 Å². The molecule has 0 aliphatic carbocycles. The fourth-order valence-electron chi connectivity index (χ4n) is 4.07. The first-order valence-electron chi connectivity index (χ1n) is 12.3. The average molecular weight is 471 g/mol. The van der Waals surface area contributed by atoms with Crippen molar-refractivity contribution in [2.45, 2.75) is 40.0 Å². The molecule has 182 valence electrons. The van der Waals surface area contributed by atoms with Gasteiger partial charge in [0.15, 0.2) is 5.82 Å². The van der Waals surface area contributed by atoms with Crippen molar-refractivity contribution < 1.29 is 4.74 Å². The van der Waals surface area contributed by atoms with E-state index in [1.807, 2.05) is 61.1 Å². The summed E-state index contributed by atoms with van der Waals surface area (Å²) in [6, 6.07) is 18.3. The molecule has 0 aliphatic rings. The summed E-state index contributed by atoms with van der Waals surface area (Å²) in [7, 11) is 0. The van der Waals surface area contributed by atoms with Gasteiger partial charge in [0.25, 0.3) is 0 Å². The number of hydrazone groups is 1. The number of nitrogens with one attached hydrogen (secondary N) is 1. The zero-order valence-electron chi connectivity index (χ0n) is 20.8. The molecule has 0 amide bonds. The molecule has 0 spiro atoms. The number of benzene rings is 1. The number of pyridine rings is 2. The van der Waals surface area contributed by atoms with Gasteiger partial charge in [-0.1, -0.05) is 49.7 Å². The van der Waals surface area contributed by atoms with Crippen LogP contribution in [-0.4, -0.2) is 40.3 Å². The van der Waals surface area contributed by atoms with E-state index in [4.69, 9.17) is 4.74 Å². The molecule has 0 atom stereocenters. The van der Waals surface area contributed by atoms with Crippen LogP contribution in [0.2, 0.25) is 0 Å². The van der Waals surface area contributed by atoms with Crippen LogP contribution in [0.15, 0.2) is 72.1 Å². The minimum atomic E-state index is 0.507. The lowest BCUT2D eigenvalue weighted by Crippen LogP contribution is -2.25. The molecule has 1 aromatic carbocycles. The van der Waals surface area contributed by atoms with Crippen molar-refractivity contribution in [1.29, 1.82) is 0 Å². The van der Waals surface area contributed by atoms with Gasteiger partial charge in [-0.2, -0.15) is 10.1 Å². The summed E-state index contributed by atoms with van der Waals surface area (Å²) in [6.07, 6.45) is 8.61. The van der Waals surface area contributed by atoms with Crippen molar-refractivity contribution in [2.24, 2.45) is 5.10 Å². The predicted molar refractivity (Wildman–Crippen MR) is 144 cm³/mol. The van der Waals surface area contributed by atoms with Gasteiger partial charge in [-0.25, -0.2) is 4.98 Å². The van der Waals surface area contributed by atoms with Gasteiger partial charge in [0, 0.05) is 55.4 Å². The van der Waals surface area contributed by atoms with E-state index in [9.17, 15) is 0 Å². The zero-order valence-corrected chi connectivity index (χ0v) is 20.8. The Hall–Kier alpha value is -3.87. The number of anilines is 2. The second kappa shape index (κ2) is 12.0. The molecular weight excluding hydrogens is 436 g/mol. The molecule has 3 aromatic heterocycles. The maximum atomic E-state index is 6.13. The normalized spacial score (nSPS) is 11.3. The highest BCUT2D eigenvalue weighted by atomic mass is 16.5. The fraction of sp³-hybridized carbons (Fsp3) is 0.321. The quantitative estimate of drug-likeness (QED) is 0.211. The second-order valence-electron chi connectivity index (χ2n) is 8.60. The Morgan fingerprint density at radius 3 is 2.71 bits per heavy atom. The fourth-order valence-corrected chi connectivity index (χ4v) is 4.07. The molecule has 4 rings (SSSR count). The van der Waals surface area contributed by atoms with E-state index in [1.165, 1.54) is 5.56 Å². The average Bonchev–Trinajstić information content (AvgIpc) is 3.27. The summed E-state index contributed by atoms with van der Waals surface area (Å²) in [5, 5.41) is 4.42. The van der Waals surface area contributed by atoms with Crippen LogP contribution in [0.1, 0.15) is 43.5 Å². The van der Waals surface area contributed by atoms with Crippen LogP contribution in [0.3, 0.4) is 0 Å². The van der Waals surface area contributed by atoms with Gasteiger partial charge < -0.3 is 14.0 Å². The third kappa shape index (κ3) is 6.59. The Morgan fingerprint density at radius 1 is 1.06 bits per heavy atom. The number of hydrogen-bond donors (Lipinski definition) is 1. The lowest BCUT2D eigenvalue weighted by molar-refractivity contribution is 0.308. The van der Waals surface area contributed by atoms with Gasteiger partial charge in [0.2, 0.25) is 5.88 Å². The topological polar surface area (TPSA) is 67.0 Å². The molecule has 1 N–H and O–H groups in total. The summed E-state index contributed by atoms with van der Waals surface area (Å²) in [6.45, 7) is 8.93. The number of nitrogens with zero attached hydrogens (tertiary/aromatic N) is 5. The van der Waals surface area contributed by atoms with E-state index in [0.29, 0.717) is 18.3 Å². The molecular formula is C28H34N6O. The zero-order chi connectivity index (χ0) is 24.5. The smallest absolute Gasteiger partial charge is 0.217 e. The lowest BCUT2D eigenvalue weighted by Gasteiger charge is -2.24. The second-order valence-corrected chi connectivity index (χ2v) is 8.60. The van der Waals surface area contributed by atoms with Crippen LogP contribution < -0.4 is 15.1 Å². The first-order valence-corrected chi connectivity index (χ1v) is 12.3. The van der Waals surface area contributed by atoms with Crippen LogP contribution in [0.5, 0.6) is 5.88 Å². The number of rotatable bonds is 12. The molecule has 0 fully saturated rings. The molecule has 4 aromatic rings. The van der Waals surface area contributed by atoms with Gasteiger partial charge in [0.1, 0.15) is 5.65 Å². The van der Waals surface area contributed by atoms with Crippen molar-refractivity contribution in [1.82, 2.24) is 14.4 Å². The monoisotopic (exact) mass is 470 g/mol. The maximum absolute atomic E-state index is 6.13. The number of ether oxygens (including phenoxy) is 1. The third-order valence-corrected chi connectivity index (χ3v) is 5.68. The minimum absolute atomic E-state index is 0.507. The number of hydrogen-bond acceptors (Lipinski definition) is 6. The molecule has 3 heterocycles.